The smallest absolute Gasteiger partial charge is 0.253 e. The standard InChI is InChI=1S/C23H21N3O/c1-16-8-13-20-21(14-16)25-22(24-20)18-9-11-19(12-10-18)23(27)26(2)15-17-6-4-3-5-7-17/h3-14H,15H2,1-2H3,(H,24,25). The average molecular weight is 355 g/mol. The third-order valence-corrected chi connectivity index (χ3v) is 4.65. The number of H-pyrrole nitrogens is 1. The SMILES string of the molecule is Cc1ccc2nc(-c3ccc(C(=O)N(C)Cc4ccccc4)cc3)[nH]c2c1. The number of aromatic amines is 1. The molecule has 0 aliphatic heterocycles. The van der Waals surface area contributed by atoms with Gasteiger partial charge in [0.2, 0.25) is 0 Å². The van der Waals surface area contributed by atoms with E-state index in [1.807, 2.05) is 67.7 Å². The van der Waals surface area contributed by atoms with E-state index < -0.39 is 0 Å². The highest BCUT2D eigenvalue weighted by Crippen LogP contribution is 2.22. The molecular formula is C23H21N3O. The van der Waals surface area contributed by atoms with Crippen LogP contribution >= 0.6 is 0 Å². The van der Waals surface area contributed by atoms with Gasteiger partial charge in [0.1, 0.15) is 5.82 Å². The van der Waals surface area contributed by atoms with Crippen LogP contribution in [0.4, 0.5) is 0 Å². The molecule has 4 rings (SSSR count). The summed E-state index contributed by atoms with van der Waals surface area (Å²) in [4.78, 5) is 22.4. The first-order chi connectivity index (χ1) is 13.1. The van der Waals surface area contributed by atoms with E-state index in [0.29, 0.717) is 12.1 Å². The third kappa shape index (κ3) is 3.60. The number of aryl methyl sites for hydroxylation is 1. The molecule has 0 spiro atoms. The molecule has 4 heteroatoms. The minimum absolute atomic E-state index is 0.00522. The van der Waals surface area contributed by atoms with Crippen molar-refractivity contribution in [2.24, 2.45) is 0 Å². The van der Waals surface area contributed by atoms with Crippen LogP contribution < -0.4 is 0 Å². The first-order valence-electron chi connectivity index (χ1n) is 8.96. The molecule has 1 aromatic heterocycles. The van der Waals surface area contributed by atoms with Gasteiger partial charge in [0.05, 0.1) is 11.0 Å². The van der Waals surface area contributed by atoms with Crippen LogP contribution in [-0.4, -0.2) is 27.8 Å². The summed E-state index contributed by atoms with van der Waals surface area (Å²) in [6.45, 7) is 2.65. The van der Waals surface area contributed by atoms with Crippen molar-refractivity contribution < 1.29 is 4.79 Å². The Morgan fingerprint density at radius 3 is 2.48 bits per heavy atom. The van der Waals surface area contributed by atoms with Crippen LogP contribution in [0.1, 0.15) is 21.5 Å². The molecule has 0 bridgehead atoms. The summed E-state index contributed by atoms with van der Waals surface area (Å²) in [7, 11) is 1.82. The Labute approximate surface area is 158 Å². The number of nitrogens with zero attached hydrogens (tertiary/aromatic N) is 2. The number of amides is 1. The number of hydrogen-bond acceptors (Lipinski definition) is 2. The zero-order valence-corrected chi connectivity index (χ0v) is 15.4. The Bertz CT molecular complexity index is 1080. The number of aromatic nitrogens is 2. The molecule has 0 aliphatic rings. The van der Waals surface area contributed by atoms with E-state index in [9.17, 15) is 4.79 Å². The van der Waals surface area contributed by atoms with Crippen molar-refractivity contribution in [2.45, 2.75) is 13.5 Å². The van der Waals surface area contributed by atoms with E-state index in [4.69, 9.17) is 0 Å². The Hall–Kier alpha value is -3.40. The lowest BCUT2D eigenvalue weighted by atomic mass is 10.1. The van der Waals surface area contributed by atoms with Gasteiger partial charge in [-0.3, -0.25) is 4.79 Å². The monoisotopic (exact) mass is 355 g/mol. The summed E-state index contributed by atoms with van der Waals surface area (Å²) in [5.74, 6) is 0.817. The van der Waals surface area contributed by atoms with Crippen LogP contribution in [0.25, 0.3) is 22.4 Å². The molecule has 1 heterocycles. The van der Waals surface area contributed by atoms with Crippen LogP contribution in [0.5, 0.6) is 0 Å². The minimum Gasteiger partial charge on any atom is -0.338 e. The van der Waals surface area contributed by atoms with E-state index in [0.717, 1.165) is 28.0 Å². The van der Waals surface area contributed by atoms with Crippen LogP contribution in [0.15, 0.2) is 72.8 Å². The molecule has 1 amide bonds. The van der Waals surface area contributed by atoms with Crippen molar-refractivity contribution in [3.05, 3.63) is 89.5 Å². The van der Waals surface area contributed by atoms with Gasteiger partial charge in [0, 0.05) is 24.7 Å². The predicted molar refractivity (Wildman–Crippen MR) is 109 cm³/mol. The fourth-order valence-corrected chi connectivity index (χ4v) is 3.18. The maximum atomic E-state index is 12.7. The number of benzene rings is 3. The van der Waals surface area contributed by atoms with Gasteiger partial charge in [-0.25, -0.2) is 4.98 Å². The van der Waals surface area contributed by atoms with Crippen LogP contribution in [0, 0.1) is 6.92 Å². The van der Waals surface area contributed by atoms with E-state index in [2.05, 4.69) is 29.0 Å². The number of imidazole rings is 1. The molecular weight excluding hydrogens is 334 g/mol. The van der Waals surface area contributed by atoms with E-state index >= 15 is 0 Å². The van der Waals surface area contributed by atoms with E-state index in [1.165, 1.54) is 5.56 Å². The van der Waals surface area contributed by atoms with E-state index in [-0.39, 0.29) is 5.91 Å². The molecule has 3 aromatic carbocycles. The topological polar surface area (TPSA) is 49.0 Å². The van der Waals surface area contributed by atoms with Crippen LogP contribution in [0.3, 0.4) is 0 Å². The maximum Gasteiger partial charge on any atom is 0.253 e. The fraction of sp³-hybridized carbons (Fsp3) is 0.130. The minimum atomic E-state index is 0.00522. The van der Waals surface area contributed by atoms with Crippen molar-refractivity contribution in [1.29, 1.82) is 0 Å². The van der Waals surface area contributed by atoms with Crippen molar-refractivity contribution in [1.82, 2.24) is 14.9 Å². The number of fused-ring (bicyclic) bond motifs is 1. The molecule has 0 unspecified atom stereocenters. The second-order valence-electron chi connectivity index (χ2n) is 6.83. The quantitative estimate of drug-likeness (QED) is 0.571. The normalized spacial score (nSPS) is 10.9. The van der Waals surface area contributed by atoms with Gasteiger partial charge in [-0.15, -0.1) is 0 Å². The second kappa shape index (κ2) is 7.08. The molecule has 0 saturated heterocycles. The predicted octanol–water partition coefficient (Wildman–Crippen LogP) is 4.81. The molecule has 0 radical (unpaired) electrons. The van der Waals surface area contributed by atoms with Crippen molar-refractivity contribution in [2.75, 3.05) is 7.05 Å². The lowest BCUT2D eigenvalue weighted by molar-refractivity contribution is 0.0785. The van der Waals surface area contributed by atoms with Crippen molar-refractivity contribution in [3.63, 3.8) is 0 Å². The van der Waals surface area contributed by atoms with Gasteiger partial charge in [-0.2, -0.15) is 0 Å². The molecule has 27 heavy (non-hydrogen) atoms. The summed E-state index contributed by atoms with van der Waals surface area (Å²) >= 11 is 0. The highest BCUT2D eigenvalue weighted by molar-refractivity contribution is 5.94. The number of nitrogens with one attached hydrogen (secondary N) is 1. The van der Waals surface area contributed by atoms with Gasteiger partial charge < -0.3 is 9.88 Å². The summed E-state index contributed by atoms with van der Waals surface area (Å²) in [6.07, 6.45) is 0. The highest BCUT2D eigenvalue weighted by atomic mass is 16.2. The number of hydrogen-bond donors (Lipinski definition) is 1. The molecule has 4 nitrogen and oxygen atoms in total. The first kappa shape index (κ1) is 17.0. The second-order valence-corrected chi connectivity index (χ2v) is 6.83. The van der Waals surface area contributed by atoms with Gasteiger partial charge in [0.25, 0.3) is 5.91 Å². The van der Waals surface area contributed by atoms with Crippen LogP contribution in [0.2, 0.25) is 0 Å². The summed E-state index contributed by atoms with van der Waals surface area (Å²) in [5, 5.41) is 0. The molecule has 0 aliphatic carbocycles. The largest absolute Gasteiger partial charge is 0.338 e. The Balaban J connectivity index is 1.53. The van der Waals surface area contributed by atoms with Crippen LogP contribution in [-0.2, 0) is 6.54 Å². The number of carbonyl (C=O) groups excluding carboxylic acids is 1. The van der Waals surface area contributed by atoms with E-state index in [1.54, 1.807) is 4.90 Å². The average Bonchev–Trinajstić information content (AvgIpc) is 3.11. The molecule has 1 N–H and O–H groups in total. The van der Waals surface area contributed by atoms with Gasteiger partial charge in [-0.05, 0) is 42.3 Å². The summed E-state index contributed by atoms with van der Waals surface area (Å²) < 4.78 is 0. The summed E-state index contributed by atoms with van der Waals surface area (Å²) in [6, 6.07) is 23.7. The fourth-order valence-electron chi connectivity index (χ4n) is 3.18. The molecule has 0 fully saturated rings. The molecule has 134 valence electrons. The number of rotatable bonds is 4. The molecule has 4 aromatic rings. The lowest BCUT2D eigenvalue weighted by Gasteiger charge is -2.17. The van der Waals surface area contributed by atoms with Gasteiger partial charge in [-0.1, -0.05) is 48.5 Å². The lowest BCUT2D eigenvalue weighted by Crippen LogP contribution is -2.26. The third-order valence-electron chi connectivity index (χ3n) is 4.65. The highest BCUT2D eigenvalue weighted by Gasteiger charge is 2.13. The summed E-state index contributed by atoms with van der Waals surface area (Å²) in [5.41, 5.74) is 5.91. The van der Waals surface area contributed by atoms with Crippen molar-refractivity contribution >= 4 is 16.9 Å². The zero-order valence-electron chi connectivity index (χ0n) is 15.4. The van der Waals surface area contributed by atoms with Crippen molar-refractivity contribution in [3.8, 4) is 11.4 Å². The number of carbonyl (C=O) groups is 1. The Kier molecular flexibility index (Phi) is 4.47. The molecule has 0 saturated carbocycles. The Morgan fingerprint density at radius 2 is 1.74 bits per heavy atom. The molecule has 0 atom stereocenters. The van der Waals surface area contributed by atoms with Gasteiger partial charge >= 0.3 is 0 Å². The zero-order chi connectivity index (χ0) is 18.8. The Morgan fingerprint density at radius 1 is 1.00 bits per heavy atom. The first-order valence-corrected chi connectivity index (χ1v) is 8.96. The van der Waals surface area contributed by atoms with Gasteiger partial charge in [0.15, 0.2) is 0 Å². The maximum absolute atomic E-state index is 12.7.